The zero-order chi connectivity index (χ0) is 13.5. The Morgan fingerprint density at radius 1 is 1.61 bits per heavy atom. The van der Waals surface area contributed by atoms with Gasteiger partial charge in [-0.1, -0.05) is 25.3 Å². The maximum absolute atomic E-state index is 11.6. The first-order chi connectivity index (χ1) is 8.56. The molecule has 2 N–H and O–H groups in total. The predicted molar refractivity (Wildman–Crippen MR) is 73.0 cm³/mol. The summed E-state index contributed by atoms with van der Waals surface area (Å²) in [5, 5.41) is 5.37. The fourth-order valence-corrected chi connectivity index (χ4v) is 1.71. The number of rotatable bonds is 6. The van der Waals surface area contributed by atoms with Gasteiger partial charge in [0.15, 0.2) is 7.28 Å². The van der Waals surface area contributed by atoms with Crippen LogP contribution in [0.2, 0.25) is 6.32 Å². The van der Waals surface area contributed by atoms with E-state index in [4.69, 9.17) is 0 Å². The topological polar surface area (TPSA) is 58.2 Å². The summed E-state index contributed by atoms with van der Waals surface area (Å²) >= 11 is 0. The van der Waals surface area contributed by atoms with Crippen molar-refractivity contribution < 1.29 is 9.59 Å². The Balaban J connectivity index is 2.63. The molecule has 1 aliphatic rings. The van der Waals surface area contributed by atoms with Gasteiger partial charge in [0.2, 0.25) is 11.8 Å². The van der Waals surface area contributed by atoms with E-state index in [1.54, 1.807) is 6.08 Å². The Morgan fingerprint density at radius 2 is 2.33 bits per heavy atom. The van der Waals surface area contributed by atoms with Crippen molar-refractivity contribution in [2.75, 3.05) is 0 Å². The molecule has 1 saturated heterocycles. The highest BCUT2D eigenvalue weighted by Crippen LogP contribution is 2.08. The average Bonchev–Trinajstić information content (AvgIpc) is 2.31. The Labute approximate surface area is 108 Å². The van der Waals surface area contributed by atoms with Gasteiger partial charge < -0.3 is 5.32 Å². The molecule has 0 aliphatic carbocycles. The quantitative estimate of drug-likeness (QED) is 0.418. The van der Waals surface area contributed by atoms with Crippen molar-refractivity contribution in [3.63, 3.8) is 0 Å². The second-order valence-corrected chi connectivity index (χ2v) is 4.14. The summed E-state index contributed by atoms with van der Waals surface area (Å²) in [6.45, 7) is 9.61. The molecule has 0 aromatic carbocycles. The molecule has 1 rings (SSSR count). The number of piperidine rings is 1. The van der Waals surface area contributed by atoms with Crippen LogP contribution in [0.25, 0.3) is 0 Å². The summed E-state index contributed by atoms with van der Waals surface area (Å²) in [6.07, 6.45) is 5.23. The molecule has 4 nitrogen and oxygen atoms in total. The summed E-state index contributed by atoms with van der Waals surface area (Å²) in [5.41, 5.74) is 1.60. The number of carbonyl (C=O) groups is 2. The van der Waals surface area contributed by atoms with Gasteiger partial charge in [-0.15, -0.1) is 6.58 Å². The Hall–Kier alpha value is -1.78. The fraction of sp³-hybridized carbons (Fsp3) is 0.385. The third-order valence-corrected chi connectivity index (χ3v) is 2.61. The predicted octanol–water partition coefficient (Wildman–Crippen LogP) is 1.11. The summed E-state index contributed by atoms with van der Waals surface area (Å²) in [4.78, 5) is 22.6. The Morgan fingerprint density at radius 3 is 2.89 bits per heavy atom. The van der Waals surface area contributed by atoms with Crippen molar-refractivity contribution >= 4 is 19.1 Å². The van der Waals surface area contributed by atoms with Crippen molar-refractivity contribution in [2.24, 2.45) is 0 Å². The zero-order valence-electron chi connectivity index (χ0n) is 10.7. The van der Waals surface area contributed by atoms with E-state index < -0.39 is 0 Å². The van der Waals surface area contributed by atoms with Crippen molar-refractivity contribution in [1.29, 1.82) is 0 Å². The van der Waals surface area contributed by atoms with Crippen LogP contribution >= 0.6 is 0 Å². The van der Waals surface area contributed by atoms with E-state index >= 15 is 0 Å². The van der Waals surface area contributed by atoms with Crippen LogP contribution in [-0.4, -0.2) is 25.1 Å². The van der Waals surface area contributed by atoms with E-state index in [0.29, 0.717) is 12.8 Å². The molecule has 0 aromatic rings. The number of imide groups is 1. The number of hydrogen-bond donors (Lipinski definition) is 2. The zero-order valence-corrected chi connectivity index (χ0v) is 10.7. The largest absolute Gasteiger partial charge is 0.374 e. The first kappa shape index (κ1) is 14.3. The van der Waals surface area contributed by atoms with E-state index in [1.165, 1.54) is 0 Å². The lowest BCUT2D eigenvalue weighted by Crippen LogP contribution is -2.50. The summed E-state index contributed by atoms with van der Waals surface area (Å²) in [5.74, 6) is -0.505. The second kappa shape index (κ2) is 6.84. The number of allylic oxidation sites excluding steroid dienone is 3. The van der Waals surface area contributed by atoms with Crippen molar-refractivity contribution in [3.05, 3.63) is 36.5 Å². The first-order valence-electron chi connectivity index (χ1n) is 6.03. The van der Waals surface area contributed by atoms with Gasteiger partial charge in [-0.25, -0.2) is 0 Å². The third kappa shape index (κ3) is 4.24. The van der Waals surface area contributed by atoms with Crippen LogP contribution in [0.4, 0.5) is 0 Å². The molecule has 1 unspecified atom stereocenters. The lowest BCUT2D eigenvalue weighted by Gasteiger charge is -2.23. The molecule has 0 bridgehead atoms. The van der Waals surface area contributed by atoms with Crippen LogP contribution in [0, 0.1) is 0 Å². The standard InChI is InChI=1S/C13H18BN2O2/c1-4-10(8-9(3)14-5-2)15-11-6-7-12(17)16-13(11)18/h4,8,11,15H,1,3,5-7H2,2H3,(H,16,17,18)/b10-8+. The van der Waals surface area contributed by atoms with Gasteiger partial charge in [0.05, 0.1) is 0 Å². The number of nitrogens with one attached hydrogen (secondary N) is 2. The maximum atomic E-state index is 11.6. The van der Waals surface area contributed by atoms with Crippen LogP contribution in [-0.2, 0) is 9.59 Å². The SMILES string of the molecule is C=C/C(=C\C(=C)[B]CC)NC1CCC(=O)NC1=O. The number of carbonyl (C=O) groups excluding carboxylic acids is 2. The maximum Gasteiger partial charge on any atom is 0.249 e. The monoisotopic (exact) mass is 245 g/mol. The Kier molecular flexibility index (Phi) is 5.43. The lowest BCUT2D eigenvalue weighted by atomic mass is 9.67. The van der Waals surface area contributed by atoms with Crippen LogP contribution in [0.15, 0.2) is 36.5 Å². The third-order valence-electron chi connectivity index (χ3n) is 2.61. The van der Waals surface area contributed by atoms with E-state index in [1.807, 2.05) is 20.3 Å². The van der Waals surface area contributed by atoms with Crippen molar-refractivity contribution in [1.82, 2.24) is 10.6 Å². The highest BCUT2D eigenvalue weighted by Gasteiger charge is 2.26. The molecular formula is C13H18BN2O2. The van der Waals surface area contributed by atoms with Gasteiger partial charge in [0.25, 0.3) is 0 Å². The highest BCUT2D eigenvalue weighted by molar-refractivity contribution is 6.46. The molecular weight excluding hydrogens is 227 g/mol. The second-order valence-electron chi connectivity index (χ2n) is 4.14. The normalized spacial score (nSPS) is 20.1. The van der Waals surface area contributed by atoms with Crippen LogP contribution in [0.3, 0.4) is 0 Å². The molecule has 95 valence electrons. The van der Waals surface area contributed by atoms with Gasteiger partial charge >= 0.3 is 0 Å². The minimum absolute atomic E-state index is 0.217. The lowest BCUT2D eigenvalue weighted by molar-refractivity contribution is -0.134. The van der Waals surface area contributed by atoms with E-state index in [9.17, 15) is 9.59 Å². The molecule has 2 amide bonds. The molecule has 0 spiro atoms. The van der Waals surface area contributed by atoms with E-state index in [0.717, 1.165) is 17.5 Å². The molecule has 18 heavy (non-hydrogen) atoms. The van der Waals surface area contributed by atoms with Gasteiger partial charge in [0.1, 0.15) is 6.04 Å². The molecule has 1 aliphatic heterocycles. The van der Waals surface area contributed by atoms with E-state index in [2.05, 4.69) is 23.8 Å². The molecule has 0 aromatic heterocycles. The summed E-state index contributed by atoms with van der Waals surface area (Å²) in [6, 6.07) is -0.388. The molecule has 0 saturated carbocycles. The smallest absolute Gasteiger partial charge is 0.249 e. The van der Waals surface area contributed by atoms with Crippen LogP contribution < -0.4 is 10.6 Å². The molecule has 1 fully saturated rings. The Bertz CT molecular complexity index is 402. The van der Waals surface area contributed by atoms with Gasteiger partial charge in [0, 0.05) is 12.1 Å². The molecule has 1 heterocycles. The van der Waals surface area contributed by atoms with Crippen molar-refractivity contribution in [3.8, 4) is 0 Å². The fourth-order valence-electron chi connectivity index (χ4n) is 1.71. The van der Waals surface area contributed by atoms with E-state index in [-0.39, 0.29) is 17.9 Å². The van der Waals surface area contributed by atoms with Crippen LogP contribution in [0.1, 0.15) is 19.8 Å². The van der Waals surface area contributed by atoms with Gasteiger partial charge in [-0.05, 0) is 18.6 Å². The average molecular weight is 245 g/mol. The minimum Gasteiger partial charge on any atom is -0.374 e. The van der Waals surface area contributed by atoms with Crippen molar-refractivity contribution in [2.45, 2.75) is 32.1 Å². The first-order valence-corrected chi connectivity index (χ1v) is 6.03. The number of amides is 2. The summed E-state index contributed by atoms with van der Waals surface area (Å²) in [7, 11) is 1.98. The highest BCUT2D eigenvalue weighted by atomic mass is 16.2. The molecule has 1 atom stereocenters. The molecule has 5 heteroatoms. The van der Waals surface area contributed by atoms with Gasteiger partial charge in [-0.3, -0.25) is 14.9 Å². The molecule has 1 radical (unpaired) electrons. The number of hydrogen-bond acceptors (Lipinski definition) is 3. The minimum atomic E-state index is -0.388. The summed E-state index contributed by atoms with van der Waals surface area (Å²) < 4.78 is 0. The van der Waals surface area contributed by atoms with Crippen LogP contribution in [0.5, 0.6) is 0 Å². The van der Waals surface area contributed by atoms with Gasteiger partial charge in [-0.2, -0.15) is 0 Å².